The highest BCUT2D eigenvalue weighted by Crippen LogP contribution is 2.20. The third-order valence-electron chi connectivity index (χ3n) is 2.70. The number of hydrogen-bond donors (Lipinski definition) is 2. The number of nitrogen functional groups attached to an aromatic ring is 2. The van der Waals surface area contributed by atoms with E-state index in [2.05, 4.69) is 18.1 Å². The van der Waals surface area contributed by atoms with Crippen LogP contribution in [0, 0.1) is 0 Å². The Morgan fingerprint density at radius 3 is 2.26 bits per heavy atom. The fourth-order valence-corrected chi connectivity index (χ4v) is 1.52. The molecule has 4 N–H and O–H groups in total. The lowest BCUT2D eigenvalue weighted by molar-refractivity contribution is 1.35. The molecule has 0 spiro atoms. The maximum atomic E-state index is 5.86. The van der Waals surface area contributed by atoms with E-state index in [-0.39, 0.29) is 0 Å². The van der Waals surface area contributed by atoms with E-state index in [9.17, 15) is 0 Å². The van der Waals surface area contributed by atoms with Crippen molar-refractivity contribution in [2.75, 3.05) is 11.5 Å². The molecule has 0 saturated heterocycles. The normalized spacial score (nSPS) is 11.0. The van der Waals surface area contributed by atoms with Gasteiger partial charge in [0.2, 0.25) is 0 Å². The molecule has 0 radical (unpaired) electrons. The van der Waals surface area contributed by atoms with Crippen LogP contribution in [0.15, 0.2) is 67.5 Å². The summed E-state index contributed by atoms with van der Waals surface area (Å²) in [5.74, 6) is 0. The standard InChI is InChI=1S/C16H19N3/c1-4-12(3)14(5-2)13-6-7-15(17)16(18)9-11-19-10-8-13/h4-11H,1-2,17-18H2,3H3/b7-6?,10-8?,11-9?,13-6?,13-8?,14-12+,15-7?,16-9?,16-15?,19-10?,19-11?. The first kappa shape index (κ1) is 14.5. The van der Waals surface area contributed by atoms with Crippen molar-refractivity contribution >= 4 is 16.9 Å². The third-order valence-corrected chi connectivity index (χ3v) is 2.70. The predicted octanol–water partition coefficient (Wildman–Crippen LogP) is 3.52. The Hall–Kier alpha value is -2.55. The van der Waals surface area contributed by atoms with Crippen molar-refractivity contribution in [1.82, 2.24) is 4.98 Å². The summed E-state index contributed by atoms with van der Waals surface area (Å²) in [5.41, 5.74) is 15.6. The highest BCUT2D eigenvalue weighted by atomic mass is 14.7. The summed E-state index contributed by atoms with van der Waals surface area (Å²) in [5, 5.41) is 0. The fraction of sp³-hybridized carbons (Fsp3) is 0.0625. The fourth-order valence-electron chi connectivity index (χ4n) is 1.52. The molecular formula is C16H19N3. The molecule has 98 valence electrons. The van der Waals surface area contributed by atoms with Gasteiger partial charge in [0.15, 0.2) is 0 Å². The molecule has 0 atom stereocenters. The second kappa shape index (κ2) is 7.01. The lowest BCUT2D eigenvalue weighted by Gasteiger charge is -2.04. The average Bonchev–Trinajstić information content (AvgIpc) is 2.42. The van der Waals surface area contributed by atoms with Crippen molar-refractivity contribution < 1.29 is 0 Å². The van der Waals surface area contributed by atoms with Gasteiger partial charge in [0.05, 0.1) is 11.4 Å². The Kier molecular flexibility index (Phi) is 5.35. The van der Waals surface area contributed by atoms with Crippen LogP contribution in [0.4, 0.5) is 11.4 Å². The van der Waals surface area contributed by atoms with Crippen LogP contribution in [0.3, 0.4) is 0 Å². The monoisotopic (exact) mass is 253 g/mol. The molecule has 1 aromatic rings. The van der Waals surface area contributed by atoms with E-state index in [1.54, 1.807) is 36.7 Å². The van der Waals surface area contributed by atoms with Gasteiger partial charge in [-0.05, 0) is 41.8 Å². The number of aromatic nitrogens is 1. The van der Waals surface area contributed by atoms with Gasteiger partial charge in [-0.25, -0.2) is 0 Å². The highest BCUT2D eigenvalue weighted by molar-refractivity contribution is 5.77. The third kappa shape index (κ3) is 4.00. The van der Waals surface area contributed by atoms with Gasteiger partial charge in [-0.15, -0.1) is 0 Å². The van der Waals surface area contributed by atoms with E-state index in [0.29, 0.717) is 11.4 Å². The van der Waals surface area contributed by atoms with E-state index in [1.807, 2.05) is 19.1 Å². The van der Waals surface area contributed by atoms with Crippen LogP contribution in [0.2, 0.25) is 0 Å². The molecule has 3 heteroatoms. The highest BCUT2D eigenvalue weighted by Gasteiger charge is 1.98. The van der Waals surface area contributed by atoms with Gasteiger partial charge in [-0.2, -0.15) is 0 Å². The molecule has 1 rings (SSSR count). The number of anilines is 2. The van der Waals surface area contributed by atoms with Crippen molar-refractivity contribution in [3.63, 3.8) is 0 Å². The van der Waals surface area contributed by atoms with Gasteiger partial charge in [0, 0.05) is 12.4 Å². The molecule has 0 aliphatic carbocycles. The molecule has 1 heterocycles. The Balaban J connectivity index is 3.57. The van der Waals surface area contributed by atoms with Gasteiger partial charge < -0.3 is 11.5 Å². The summed E-state index contributed by atoms with van der Waals surface area (Å²) < 4.78 is 0. The molecule has 0 saturated carbocycles. The second-order valence-corrected chi connectivity index (χ2v) is 3.98. The molecule has 19 heavy (non-hydrogen) atoms. The van der Waals surface area contributed by atoms with Gasteiger partial charge in [-0.1, -0.05) is 31.4 Å². The van der Waals surface area contributed by atoms with Crippen molar-refractivity contribution in [2.45, 2.75) is 6.92 Å². The Labute approximate surface area is 114 Å². The van der Waals surface area contributed by atoms with Crippen LogP contribution >= 0.6 is 0 Å². The molecule has 0 aromatic carbocycles. The maximum absolute atomic E-state index is 5.86. The first-order valence-electron chi connectivity index (χ1n) is 5.89. The molecular weight excluding hydrogens is 234 g/mol. The Morgan fingerprint density at radius 2 is 1.63 bits per heavy atom. The van der Waals surface area contributed by atoms with E-state index < -0.39 is 0 Å². The molecule has 0 fully saturated rings. The van der Waals surface area contributed by atoms with Crippen molar-refractivity contribution in [1.29, 1.82) is 0 Å². The lowest BCUT2D eigenvalue weighted by Crippen LogP contribution is -1.91. The minimum atomic E-state index is 0.485. The van der Waals surface area contributed by atoms with Gasteiger partial charge in [0.1, 0.15) is 0 Å². The van der Waals surface area contributed by atoms with E-state index in [0.717, 1.165) is 16.7 Å². The van der Waals surface area contributed by atoms with Gasteiger partial charge >= 0.3 is 0 Å². The van der Waals surface area contributed by atoms with Gasteiger partial charge in [0.25, 0.3) is 0 Å². The first-order valence-corrected chi connectivity index (χ1v) is 5.89. The summed E-state index contributed by atoms with van der Waals surface area (Å²) in [4.78, 5) is 4.10. The number of nitrogens with two attached hydrogens (primary N) is 2. The lowest BCUT2D eigenvalue weighted by atomic mass is 10.0. The van der Waals surface area contributed by atoms with E-state index in [4.69, 9.17) is 11.5 Å². The minimum Gasteiger partial charge on any atom is -0.397 e. The molecule has 3 nitrogen and oxygen atoms in total. The van der Waals surface area contributed by atoms with Crippen molar-refractivity contribution in [3.8, 4) is 0 Å². The summed E-state index contributed by atoms with van der Waals surface area (Å²) >= 11 is 0. The Bertz CT molecular complexity index is 570. The zero-order valence-corrected chi connectivity index (χ0v) is 11.1. The van der Waals surface area contributed by atoms with Gasteiger partial charge in [-0.3, -0.25) is 4.98 Å². The largest absolute Gasteiger partial charge is 0.397 e. The molecule has 0 bridgehead atoms. The molecule has 0 aliphatic rings. The number of rotatable bonds is 3. The van der Waals surface area contributed by atoms with Crippen molar-refractivity contribution in [2.24, 2.45) is 0 Å². The van der Waals surface area contributed by atoms with Crippen LogP contribution in [0.25, 0.3) is 5.57 Å². The molecule has 0 unspecified atom stereocenters. The zero-order chi connectivity index (χ0) is 14.3. The SMILES string of the molecule is C=C/C(C)=C(\C=C)c1ccnccc(N)c(N)cc1. The summed E-state index contributed by atoms with van der Waals surface area (Å²) in [7, 11) is 0. The van der Waals surface area contributed by atoms with Crippen LogP contribution < -0.4 is 11.5 Å². The molecule has 0 amide bonds. The number of allylic oxidation sites excluding steroid dienone is 4. The summed E-state index contributed by atoms with van der Waals surface area (Å²) in [6.45, 7) is 9.57. The van der Waals surface area contributed by atoms with Crippen LogP contribution in [0.5, 0.6) is 0 Å². The first-order chi connectivity index (χ1) is 9.10. The quantitative estimate of drug-likeness (QED) is 0.810. The smallest absolute Gasteiger partial charge is 0.0563 e. The summed E-state index contributed by atoms with van der Waals surface area (Å²) in [6, 6.07) is 7.20. The number of hydrogen-bond acceptors (Lipinski definition) is 3. The molecule has 0 aliphatic heterocycles. The van der Waals surface area contributed by atoms with E-state index >= 15 is 0 Å². The van der Waals surface area contributed by atoms with E-state index in [1.165, 1.54) is 0 Å². The predicted molar refractivity (Wildman–Crippen MR) is 83.7 cm³/mol. The minimum absolute atomic E-state index is 0.485. The number of nitrogens with zero attached hydrogens (tertiary/aromatic N) is 1. The van der Waals surface area contributed by atoms with Crippen LogP contribution in [0.1, 0.15) is 12.5 Å². The molecule has 1 aromatic heterocycles. The summed E-state index contributed by atoms with van der Waals surface area (Å²) in [6.07, 6.45) is 6.87. The van der Waals surface area contributed by atoms with Crippen LogP contribution in [-0.2, 0) is 0 Å². The maximum Gasteiger partial charge on any atom is 0.0563 e. The second-order valence-electron chi connectivity index (χ2n) is 3.98. The Morgan fingerprint density at radius 1 is 1.00 bits per heavy atom. The topological polar surface area (TPSA) is 64.9 Å². The van der Waals surface area contributed by atoms with Crippen LogP contribution in [-0.4, -0.2) is 4.98 Å². The zero-order valence-electron chi connectivity index (χ0n) is 11.1. The van der Waals surface area contributed by atoms with Crippen molar-refractivity contribution in [3.05, 3.63) is 73.1 Å². The average molecular weight is 253 g/mol.